The minimum atomic E-state index is -0.304. The Kier molecular flexibility index (Phi) is 6.71. The molecule has 5 nitrogen and oxygen atoms in total. The number of carbonyl (C=O) groups is 2. The smallest absolute Gasteiger partial charge is 0.410 e. The molecular weight excluding hydrogens is 316 g/mol. The minimum Gasteiger partial charge on any atom is -0.445 e. The average molecular weight is 339 g/mol. The normalized spacial score (nSPS) is 20.6. The lowest BCUT2D eigenvalue weighted by Crippen LogP contribution is -2.45. The quantitative estimate of drug-likeness (QED) is 0.840. The van der Waals surface area contributed by atoms with Crippen molar-refractivity contribution in [2.45, 2.75) is 44.4 Å². The summed E-state index contributed by atoms with van der Waals surface area (Å²) in [7, 11) is 1.77. The van der Waals surface area contributed by atoms with Crippen molar-refractivity contribution < 1.29 is 14.3 Å². The van der Waals surface area contributed by atoms with E-state index in [0.29, 0.717) is 0 Å². The van der Waals surface area contributed by atoms with Crippen LogP contribution in [0.2, 0.25) is 0 Å². The first kappa shape index (κ1) is 17.6. The van der Waals surface area contributed by atoms with Gasteiger partial charge in [-0.15, -0.1) is 11.6 Å². The van der Waals surface area contributed by atoms with Gasteiger partial charge in [0.1, 0.15) is 12.5 Å². The van der Waals surface area contributed by atoms with Crippen molar-refractivity contribution in [2.75, 3.05) is 12.9 Å². The summed E-state index contributed by atoms with van der Waals surface area (Å²) in [5.74, 6) is -0.142. The van der Waals surface area contributed by atoms with Gasteiger partial charge in [-0.2, -0.15) is 0 Å². The summed E-state index contributed by atoms with van der Waals surface area (Å²) in [5, 5.41) is 2.90. The molecule has 1 aliphatic rings. The third-order valence-corrected chi connectivity index (χ3v) is 4.47. The molecule has 1 aliphatic carbocycles. The molecule has 1 fully saturated rings. The average Bonchev–Trinajstić information content (AvgIpc) is 2.60. The molecule has 1 aromatic rings. The highest BCUT2D eigenvalue weighted by molar-refractivity contribution is 6.27. The summed E-state index contributed by atoms with van der Waals surface area (Å²) in [4.78, 5) is 25.1. The lowest BCUT2D eigenvalue weighted by molar-refractivity contribution is -0.119. The summed E-state index contributed by atoms with van der Waals surface area (Å²) in [6.07, 6.45) is 3.10. The van der Waals surface area contributed by atoms with Gasteiger partial charge in [0.2, 0.25) is 5.91 Å². The van der Waals surface area contributed by atoms with Crippen molar-refractivity contribution in [3.63, 3.8) is 0 Å². The van der Waals surface area contributed by atoms with Crippen molar-refractivity contribution in [3.8, 4) is 0 Å². The van der Waals surface area contributed by atoms with Crippen LogP contribution in [-0.2, 0) is 16.1 Å². The molecule has 0 aromatic heterocycles. The number of nitrogens with zero attached hydrogens (tertiary/aromatic N) is 1. The monoisotopic (exact) mass is 338 g/mol. The Hall–Kier alpha value is -1.75. The Balaban J connectivity index is 1.74. The molecular formula is C17H23ClN2O3. The van der Waals surface area contributed by atoms with Gasteiger partial charge < -0.3 is 15.0 Å². The number of hydrogen-bond donors (Lipinski definition) is 1. The zero-order valence-electron chi connectivity index (χ0n) is 13.3. The van der Waals surface area contributed by atoms with Gasteiger partial charge in [0, 0.05) is 19.1 Å². The summed E-state index contributed by atoms with van der Waals surface area (Å²) < 4.78 is 5.35. The molecule has 0 heterocycles. The fourth-order valence-corrected chi connectivity index (χ4v) is 2.92. The first-order valence-electron chi connectivity index (χ1n) is 7.89. The molecule has 2 amide bonds. The van der Waals surface area contributed by atoms with Crippen LogP contribution in [0.4, 0.5) is 4.79 Å². The van der Waals surface area contributed by atoms with Gasteiger partial charge >= 0.3 is 6.09 Å². The molecule has 1 N–H and O–H groups in total. The van der Waals surface area contributed by atoms with Gasteiger partial charge in [-0.3, -0.25) is 4.79 Å². The first-order valence-corrected chi connectivity index (χ1v) is 8.42. The van der Waals surface area contributed by atoms with Crippen LogP contribution in [0.5, 0.6) is 0 Å². The van der Waals surface area contributed by atoms with Gasteiger partial charge in [-0.25, -0.2) is 4.79 Å². The number of benzene rings is 1. The predicted molar refractivity (Wildman–Crippen MR) is 89.3 cm³/mol. The minimum absolute atomic E-state index is 0.00829. The van der Waals surface area contributed by atoms with E-state index in [4.69, 9.17) is 16.3 Å². The molecule has 0 radical (unpaired) electrons. The lowest BCUT2D eigenvalue weighted by Gasteiger charge is -2.34. The van der Waals surface area contributed by atoms with E-state index in [-0.39, 0.29) is 36.6 Å². The molecule has 0 spiro atoms. The van der Waals surface area contributed by atoms with Crippen LogP contribution in [0.15, 0.2) is 30.3 Å². The van der Waals surface area contributed by atoms with Gasteiger partial charge in [0.25, 0.3) is 0 Å². The molecule has 0 bridgehead atoms. The van der Waals surface area contributed by atoms with Gasteiger partial charge in [-0.1, -0.05) is 30.3 Å². The molecule has 0 saturated heterocycles. The number of rotatable bonds is 5. The lowest BCUT2D eigenvalue weighted by atomic mass is 9.90. The molecule has 1 saturated carbocycles. The second-order valence-electron chi connectivity index (χ2n) is 5.86. The number of alkyl halides is 1. The molecule has 1 aromatic carbocycles. The molecule has 0 aliphatic heterocycles. The summed E-state index contributed by atoms with van der Waals surface area (Å²) >= 11 is 5.50. The highest BCUT2D eigenvalue weighted by Crippen LogP contribution is 2.23. The van der Waals surface area contributed by atoms with Crippen LogP contribution in [0.3, 0.4) is 0 Å². The van der Waals surface area contributed by atoms with E-state index in [2.05, 4.69) is 5.32 Å². The number of hydrogen-bond acceptors (Lipinski definition) is 3. The van der Waals surface area contributed by atoms with Crippen molar-refractivity contribution in [3.05, 3.63) is 35.9 Å². The standard InChI is InChI=1S/C17H23ClN2O3/c1-20(17(22)23-12-13-5-3-2-4-6-13)15-9-7-14(8-10-15)19-16(21)11-18/h2-6,14-15H,7-12H2,1H3,(H,19,21). The van der Waals surface area contributed by atoms with E-state index >= 15 is 0 Å². The number of nitrogens with one attached hydrogen (secondary N) is 1. The van der Waals surface area contributed by atoms with Crippen LogP contribution in [0.25, 0.3) is 0 Å². The van der Waals surface area contributed by atoms with E-state index in [1.54, 1.807) is 11.9 Å². The Morgan fingerprint density at radius 2 is 1.87 bits per heavy atom. The fraction of sp³-hybridized carbons (Fsp3) is 0.529. The molecule has 23 heavy (non-hydrogen) atoms. The Bertz CT molecular complexity index is 516. The van der Waals surface area contributed by atoms with E-state index in [9.17, 15) is 9.59 Å². The van der Waals surface area contributed by atoms with Crippen LogP contribution < -0.4 is 5.32 Å². The van der Waals surface area contributed by atoms with Gasteiger partial charge in [0.15, 0.2) is 0 Å². The Morgan fingerprint density at radius 3 is 2.48 bits per heavy atom. The van der Waals surface area contributed by atoms with Crippen LogP contribution >= 0.6 is 11.6 Å². The van der Waals surface area contributed by atoms with Crippen LogP contribution in [-0.4, -0.2) is 41.9 Å². The summed E-state index contributed by atoms with van der Waals surface area (Å²) in [6, 6.07) is 9.94. The SMILES string of the molecule is CN(C(=O)OCc1ccccc1)C1CCC(NC(=O)CCl)CC1. The largest absolute Gasteiger partial charge is 0.445 e. The fourth-order valence-electron chi connectivity index (χ4n) is 2.84. The number of ether oxygens (including phenoxy) is 1. The molecule has 6 heteroatoms. The zero-order chi connectivity index (χ0) is 16.7. The van der Waals surface area contributed by atoms with Crippen molar-refractivity contribution in [1.29, 1.82) is 0 Å². The van der Waals surface area contributed by atoms with Crippen molar-refractivity contribution in [2.24, 2.45) is 0 Å². The highest BCUT2D eigenvalue weighted by Gasteiger charge is 2.27. The molecule has 0 atom stereocenters. The molecule has 2 rings (SSSR count). The Labute approximate surface area is 141 Å². The maximum Gasteiger partial charge on any atom is 0.410 e. The van der Waals surface area contributed by atoms with Gasteiger partial charge in [0.05, 0.1) is 0 Å². The van der Waals surface area contributed by atoms with E-state index in [1.807, 2.05) is 30.3 Å². The predicted octanol–water partition coefficient (Wildman–Crippen LogP) is 2.92. The second-order valence-corrected chi connectivity index (χ2v) is 6.12. The number of carbonyl (C=O) groups excluding carboxylic acids is 2. The summed E-state index contributed by atoms with van der Waals surface area (Å²) in [5.41, 5.74) is 0.974. The maximum absolute atomic E-state index is 12.1. The number of amides is 2. The highest BCUT2D eigenvalue weighted by atomic mass is 35.5. The van der Waals surface area contributed by atoms with E-state index in [1.165, 1.54) is 0 Å². The van der Waals surface area contributed by atoms with Crippen LogP contribution in [0, 0.1) is 0 Å². The molecule has 0 unspecified atom stereocenters. The second kappa shape index (κ2) is 8.77. The van der Waals surface area contributed by atoms with E-state index in [0.717, 1.165) is 31.2 Å². The number of halogens is 1. The maximum atomic E-state index is 12.1. The molecule has 126 valence electrons. The van der Waals surface area contributed by atoms with Gasteiger partial charge in [-0.05, 0) is 31.2 Å². The zero-order valence-corrected chi connectivity index (χ0v) is 14.1. The third kappa shape index (κ3) is 5.43. The Morgan fingerprint density at radius 1 is 1.22 bits per heavy atom. The van der Waals surface area contributed by atoms with Crippen molar-refractivity contribution >= 4 is 23.6 Å². The topological polar surface area (TPSA) is 58.6 Å². The van der Waals surface area contributed by atoms with Crippen molar-refractivity contribution in [1.82, 2.24) is 10.2 Å². The van der Waals surface area contributed by atoms with E-state index < -0.39 is 0 Å². The summed E-state index contributed by atoms with van der Waals surface area (Å²) in [6.45, 7) is 0.283. The third-order valence-electron chi connectivity index (χ3n) is 4.22. The van der Waals surface area contributed by atoms with Crippen LogP contribution in [0.1, 0.15) is 31.2 Å². The first-order chi connectivity index (χ1) is 11.1.